The standard InChI is InChI=1S/C14H13N5O3S/c1-19-7-9-3-2-8(4-10(9)18-19)6-15-17-14-16-13(22)11(23-14)5-12(20)21/h2-4,6-7,11H,5H2,1H3,(H,20,21)(H,16,17,22). The number of nitrogens with zero attached hydrogens (tertiary/aromatic N) is 4. The highest BCUT2D eigenvalue weighted by molar-refractivity contribution is 8.15. The number of carboxylic acids is 1. The number of fused-ring (bicyclic) bond motifs is 1. The van der Waals surface area contributed by atoms with Crippen LogP contribution in [0.3, 0.4) is 0 Å². The molecular formula is C14H13N5O3S. The van der Waals surface area contributed by atoms with Crippen molar-refractivity contribution in [2.24, 2.45) is 17.3 Å². The number of benzene rings is 1. The molecule has 0 radical (unpaired) electrons. The fraction of sp³-hybridized carbons (Fsp3) is 0.214. The molecule has 0 bridgehead atoms. The van der Waals surface area contributed by atoms with Crippen molar-refractivity contribution in [1.82, 2.24) is 15.1 Å². The first kappa shape index (κ1) is 15.2. The Labute approximate surface area is 135 Å². The van der Waals surface area contributed by atoms with E-state index in [4.69, 9.17) is 5.11 Å². The topological polar surface area (TPSA) is 109 Å². The average Bonchev–Trinajstić information content (AvgIpc) is 3.00. The smallest absolute Gasteiger partial charge is 0.305 e. The predicted octanol–water partition coefficient (Wildman–Crippen LogP) is 0.970. The molecule has 3 rings (SSSR count). The number of carboxylic acid groups (broad SMARTS) is 1. The number of hydrogen-bond donors (Lipinski definition) is 2. The first-order valence-electron chi connectivity index (χ1n) is 6.75. The number of aromatic nitrogens is 2. The third-order valence-corrected chi connectivity index (χ3v) is 4.21. The lowest BCUT2D eigenvalue weighted by Crippen LogP contribution is -2.26. The minimum Gasteiger partial charge on any atom is -0.481 e. The summed E-state index contributed by atoms with van der Waals surface area (Å²) in [5.41, 5.74) is 1.69. The van der Waals surface area contributed by atoms with E-state index in [2.05, 4.69) is 20.6 Å². The van der Waals surface area contributed by atoms with Crippen molar-refractivity contribution in [2.75, 3.05) is 0 Å². The SMILES string of the molecule is Cn1cc2ccc(C=NN=C3NC(=O)C(CC(=O)O)S3)cc2n1. The van der Waals surface area contributed by atoms with Gasteiger partial charge in [-0.05, 0) is 11.6 Å². The van der Waals surface area contributed by atoms with E-state index >= 15 is 0 Å². The van der Waals surface area contributed by atoms with Gasteiger partial charge in [-0.2, -0.15) is 10.2 Å². The van der Waals surface area contributed by atoms with Crippen molar-refractivity contribution >= 4 is 45.9 Å². The number of thioether (sulfide) groups is 1. The molecule has 1 aromatic carbocycles. The number of hydrogen-bond acceptors (Lipinski definition) is 6. The highest BCUT2D eigenvalue weighted by Crippen LogP contribution is 2.22. The third-order valence-electron chi connectivity index (χ3n) is 3.14. The lowest BCUT2D eigenvalue weighted by atomic mass is 10.2. The molecule has 1 fully saturated rings. The molecule has 1 aromatic heterocycles. The fourth-order valence-corrected chi connectivity index (χ4v) is 3.05. The molecule has 2 N–H and O–H groups in total. The molecule has 1 amide bonds. The molecule has 1 aliphatic heterocycles. The number of aryl methyl sites for hydroxylation is 1. The van der Waals surface area contributed by atoms with Gasteiger partial charge in [-0.3, -0.25) is 14.3 Å². The van der Waals surface area contributed by atoms with Crippen LogP contribution >= 0.6 is 11.8 Å². The zero-order chi connectivity index (χ0) is 16.4. The van der Waals surface area contributed by atoms with E-state index in [0.717, 1.165) is 28.2 Å². The van der Waals surface area contributed by atoms with Crippen molar-refractivity contribution in [3.8, 4) is 0 Å². The van der Waals surface area contributed by atoms with Gasteiger partial charge < -0.3 is 10.4 Å². The maximum Gasteiger partial charge on any atom is 0.305 e. The van der Waals surface area contributed by atoms with Crippen LogP contribution < -0.4 is 5.32 Å². The van der Waals surface area contributed by atoms with E-state index in [1.165, 1.54) is 0 Å². The monoisotopic (exact) mass is 331 g/mol. The van der Waals surface area contributed by atoms with Gasteiger partial charge in [0.1, 0.15) is 5.25 Å². The number of amidine groups is 1. The lowest BCUT2D eigenvalue weighted by molar-refractivity contribution is -0.138. The second kappa shape index (κ2) is 6.21. The van der Waals surface area contributed by atoms with E-state index < -0.39 is 11.2 Å². The van der Waals surface area contributed by atoms with Gasteiger partial charge in [0.25, 0.3) is 0 Å². The third kappa shape index (κ3) is 3.57. The molecule has 1 unspecified atom stereocenters. The zero-order valence-electron chi connectivity index (χ0n) is 12.1. The van der Waals surface area contributed by atoms with Crippen LogP contribution in [0.4, 0.5) is 0 Å². The minimum atomic E-state index is -1.02. The molecular weight excluding hydrogens is 318 g/mol. The Hall–Kier alpha value is -2.68. The Morgan fingerprint density at radius 1 is 1.57 bits per heavy atom. The maximum atomic E-state index is 11.6. The van der Waals surface area contributed by atoms with Gasteiger partial charge in [0.15, 0.2) is 5.17 Å². The molecule has 8 nitrogen and oxygen atoms in total. The summed E-state index contributed by atoms with van der Waals surface area (Å²) in [4.78, 5) is 22.2. The number of amides is 1. The van der Waals surface area contributed by atoms with Crippen molar-refractivity contribution in [2.45, 2.75) is 11.7 Å². The first-order valence-corrected chi connectivity index (χ1v) is 7.63. The largest absolute Gasteiger partial charge is 0.481 e. The first-order chi connectivity index (χ1) is 11.0. The van der Waals surface area contributed by atoms with E-state index in [0.29, 0.717) is 5.17 Å². The van der Waals surface area contributed by atoms with Crippen molar-refractivity contribution < 1.29 is 14.7 Å². The van der Waals surface area contributed by atoms with Crippen molar-refractivity contribution in [3.05, 3.63) is 30.0 Å². The summed E-state index contributed by atoms with van der Waals surface area (Å²) in [7, 11) is 1.85. The van der Waals surface area contributed by atoms with Gasteiger partial charge in [0.05, 0.1) is 18.2 Å². The van der Waals surface area contributed by atoms with Gasteiger partial charge >= 0.3 is 5.97 Å². The Morgan fingerprint density at radius 3 is 3.17 bits per heavy atom. The molecule has 0 aliphatic carbocycles. The molecule has 2 aromatic rings. The summed E-state index contributed by atoms with van der Waals surface area (Å²) in [5, 5.41) is 24.1. The van der Waals surface area contributed by atoms with Crippen LogP contribution in [-0.2, 0) is 16.6 Å². The second-order valence-electron chi connectivity index (χ2n) is 4.96. The number of carbonyl (C=O) groups is 2. The van der Waals surface area contributed by atoms with Crippen molar-refractivity contribution in [1.29, 1.82) is 0 Å². The van der Waals surface area contributed by atoms with Crippen LogP contribution in [0.1, 0.15) is 12.0 Å². The normalized spacial score (nSPS) is 19.8. The molecule has 0 saturated carbocycles. The molecule has 118 valence electrons. The van der Waals surface area contributed by atoms with E-state index in [1.807, 2.05) is 31.4 Å². The number of nitrogens with one attached hydrogen (secondary N) is 1. The summed E-state index contributed by atoms with van der Waals surface area (Å²) >= 11 is 1.07. The Bertz CT molecular complexity index is 842. The summed E-state index contributed by atoms with van der Waals surface area (Å²) in [6.45, 7) is 0. The van der Waals surface area contributed by atoms with Crippen LogP contribution in [0, 0.1) is 0 Å². The molecule has 1 atom stereocenters. The fourth-order valence-electron chi connectivity index (χ4n) is 2.13. The van der Waals surface area contributed by atoms with Gasteiger partial charge in [0.2, 0.25) is 5.91 Å². The highest BCUT2D eigenvalue weighted by Gasteiger charge is 2.32. The van der Waals surface area contributed by atoms with Gasteiger partial charge in [-0.25, -0.2) is 0 Å². The molecule has 1 aliphatic rings. The number of aliphatic carboxylic acids is 1. The zero-order valence-corrected chi connectivity index (χ0v) is 12.9. The highest BCUT2D eigenvalue weighted by atomic mass is 32.2. The quantitative estimate of drug-likeness (QED) is 0.641. The average molecular weight is 331 g/mol. The van der Waals surface area contributed by atoms with Crippen LogP contribution in [-0.4, -0.2) is 43.4 Å². The molecule has 0 spiro atoms. The molecule has 1 saturated heterocycles. The molecule has 2 heterocycles. The minimum absolute atomic E-state index is 0.240. The maximum absolute atomic E-state index is 11.6. The summed E-state index contributed by atoms with van der Waals surface area (Å²) in [6, 6.07) is 5.71. The number of carbonyl (C=O) groups excluding carboxylic acids is 1. The van der Waals surface area contributed by atoms with Crippen molar-refractivity contribution in [3.63, 3.8) is 0 Å². The Balaban J connectivity index is 1.69. The van der Waals surface area contributed by atoms with E-state index in [9.17, 15) is 9.59 Å². The van der Waals surface area contributed by atoms with E-state index in [1.54, 1.807) is 10.9 Å². The molecule has 9 heteroatoms. The Morgan fingerprint density at radius 2 is 2.39 bits per heavy atom. The number of rotatable bonds is 4. The van der Waals surface area contributed by atoms with Crippen LogP contribution in [0.25, 0.3) is 10.9 Å². The predicted molar refractivity (Wildman–Crippen MR) is 87.5 cm³/mol. The summed E-state index contributed by atoms with van der Waals surface area (Å²) in [5.74, 6) is -1.38. The van der Waals surface area contributed by atoms with Crippen LogP contribution in [0.2, 0.25) is 0 Å². The van der Waals surface area contributed by atoms with E-state index in [-0.39, 0.29) is 12.3 Å². The van der Waals surface area contributed by atoms with Gasteiger partial charge in [0, 0.05) is 18.6 Å². The summed E-state index contributed by atoms with van der Waals surface area (Å²) in [6.07, 6.45) is 3.23. The van der Waals surface area contributed by atoms with Crippen LogP contribution in [0.5, 0.6) is 0 Å². The van der Waals surface area contributed by atoms with Gasteiger partial charge in [-0.15, -0.1) is 5.10 Å². The Kier molecular flexibility index (Phi) is 4.11. The molecule has 23 heavy (non-hydrogen) atoms. The van der Waals surface area contributed by atoms with Crippen LogP contribution in [0.15, 0.2) is 34.6 Å². The summed E-state index contributed by atoms with van der Waals surface area (Å²) < 4.78 is 1.74. The van der Waals surface area contributed by atoms with Gasteiger partial charge in [-0.1, -0.05) is 23.9 Å². The second-order valence-corrected chi connectivity index (χ2v) is 6.16. The lowest BCUT2D eigenvalue weighted by Gasteiger charge is -1.97.